The van der Waals surface area contributed by atoms with Gasteiger partial charge in [-0.25, -0.2) is 0 Å². The lowest BCUT2D eigenvalue weighted by atomic mass is 10.0. The summed E-state index contributed by atoms with van der Waals surface area (Å²) in [6.07, 6.45) is 7.56. The molecule has 0 aromatic rings. The molecule has 2 N–H and O–H groups in total. The van der Waals surface area contributed by atoms with E-state index in [1.807, 2.05) is 0 Å². The van der Waals surface area contributed by atoms with Gasteiger partial charge in [0.25, 0.3) is 0 Å². The molecular weight excluding hydrogens is 200 g/mol. The Morgan fingerprint density at radius 1 is 1.38 bits per heavy atom. The van der Waals surface area contributed by atoms with Crippen LogP contribution in [0.3, 0.4) is 0 Å². The van der Waals surface area contributed by atoms with Gasteiger partial charge in [0.05, 0.1) is 0 Å². The highest BCUT2D eigenvalue weighted by Gasteiger charge is 2.14. The third-order valence-corrected chi connectivity index (χ3v) is 3.48. The van der Waals surface area contributed by atoms with E-state index in [0.717, 1.165) is 25.8 Å². The highest BCUT2D eigenvalue weighted by atomic mass is 16.1. The van der Waals surface area contributed by atoms with E-state index in [1.54, 1.807) is 0 Å². The maximum Gasteiger partial charge on any atom is 0.220 e. The maximum atomic E-state index is 11.7. The Labute approximate surface area is 99.4 Å². The van der Waals surface area contributed by atoms with Gasteiger partial charge in [-0.3, -0.25) is 4.79 Å². The number of carbonyl (C=O) groups is 1. The van der Waals surface area contributed by atoms with Crippen molar-refractivity contribution in [3.63, 3.8) is 0 Å². The minimum atomic E-state index is 0.223. The molecule has 16 heavy (non-hydrogen) atoms. The molecule has 0 bridgehead atoms. The average molecular weight is 226 g/mol. The topological polar surface area (TPSA) is 41.1 Å². The highest BCUT2D eigenvalue weighted by Crippen LogP contribution is 2.11. The smallest absolute Gasteiger partial charge is 0.220 e. The van der Waals surface area contributed by atoms with E-state index in [2.05, 4.69) is 24.5 Å². The first-order valence-corrected chi connectivity index (χ1v) is 6.79. The van der Waals surface area contributed by atoms with Gasteiger partial charge in [-0.2, -0.15) is 0 Å². The molecule has 0 aromatic carbocycles. The summed E-state index contributed by atoms with van der Waals surface area (Å²) in [7, 11) is 0. The van der Waals surface area contributed by atoms with Crippen LogP contribution in [0.1, 0.15) is 58.8 Å². The van der Waals surface area contributed by atoms with E-state index in [0.29, 0.717) is 18.5 Å². The Hall–Kier alpha value is -0.570. The van der Waals surface area contributed by atoms with Crippen LogP contribution >= 0.6 is 0 Å². The van der Waals surface area contributed by atoms with Crippen molar-refractivity contribution in [2.24, 2.45) is 0 Å². The Kier molecular flexibility index (Phi) is 6.46. The number of nitrogens with one attached hydrogen (secondary N) is 2. The third-order valence-electron chi connectivity index (χ3n) is 3.48. The van der Waals surface area contributed by atoms with Crippen molar-refractivity contribution in [3.8, 4) is 0 Å². The molecule has 0 radical (unpaired) electrons. The molecule has 3 heteroatoms. The van der Waals surface area contributed by atoms with Crippen molar-refractivity contribution in [1.29, 1.82) is 0 Å². The van der Waals surface area contributed by atoms with Crippen LogP contribution in [0.5, 0.6) is 0 Å². The first kappa shape index (κ1) is 13.5. The summed E-state index contributed by atoms with van der Waals surface area (Å²) in [6, 6.07) is 0.938. The van der Waals surface area contributed by atoms with Crippen molar-refractivity contribution in [2.75, 3.05) is 6.54 Å². The summed E-state index contributed by atoms with van der Waals surface area (Å²) in [4.78, 5) is 11.7. The first-order chi connectivity index (χ1) is 7.76. The van der Waals surface area contributed by atoms with E-state index in [1.165, 1.54) is 19.3 Å². The fourth-order valence-electron chi connectivity index (χ4n) is 2.27. The number of hydrogen-bond acceptors (Lipinski definition) is 2. The Morgan fingerprint density at radius 2 is 2.12 bits per heavy atom. The largest absolute Gasteiger partial charge is 0.353 e. The Balaban J connectivity index is 2.13. The zero-order chi connectivity index (χ0) is 11.8. The van der Waals surface area contributed by atoms with Gasteiger partial charge >= 0.3 is 0 Å². The van der Waals surface area contributed by atoms with Crippen LogP contribution in [-0.4, -0.2) is 24.5 Å². The van der Waals surface area contributed by atoms with Crippen molar-refractivity contribution >= 4 is 5.91 Å². The molecule has 1 amide bonds. The Bertz CT molecular complexity index is 196. The molecule has 1 aliphatic rings. The molecule has 1 aliphatic heterocycles. The molecule has 0 spiro atoms. The molecule has 1 fully saturated rings. The molecule has 1 rings (SSSR count). The second-order valence-electron chi connectivity index (χ2n) is 4.77. The summed E-state index contributed by atoms with van der Waals surface area (Å²) in [5.41, 5.74) is 0. The third kappa shape index (κ3) is 4.97. The molecule has 1 saturated heterocycles. The lowest BCUT2D eigenvalue weighted by Crippen LogP contribution is -2.37. The monoisotopic (exact) mass is 226 g/mol. The van der Waals surface area contributed by atoms with Gasteiger partial charge in [0.1, 0.15) is 0 Å². The standard InChI is InChI=1S/C13H26N2O/c1-3-11(4-2)15-13(16)9-8-12-7-5-6-10-14-12/h11-12,14H,3-10H2,1-2H3,(H,15,16). The summed E-state index contributed by atoms with van der Waals surface area (Å²) < 4.78 is 0. The molecule has 1 atom stereocenters. The fraction of sp³-hybridized carbons (Fsp3) is 0.923. The van der Waals surface area contributed by atoms with Crippen LogP contribution in [-0.2, 0) is 4.79 Å². The summed E-state index contributed by atoms with van der Waals surface area (Å²) in [5.74, 6) is 0.223. The van der Waals surface area contributed by atoms with Gasteiger partial charge < -0.3 is 10.6 Å². The lowest BCUT2D eigenvalue weighted by molar-refractivity contribution is -0.122. The van der Waals surface area contributed by atoms with Crippen LogP contribution in [0, 0.1) is 0 Å². The van der Waals surface area contributed by atoms with Gasteiger partial charge in [-0.05, 0) is 38.6 Å². The fourth-order valence-corrected chi connectivity index (χ4v) is 2.27. The van der Waals surface area contributed by atoms with E-state index < -0.39 is 0 Å². The SMILES string of the molecule is CCC(CC)NC(=O)CCC1CCCCN1. The maximum absolute atomic E-state index is 11.7. The number of rotatable bonds is 6. The van der Waals surface area contributed by atoms with Crippen molar-refractivity contribution in [2.45, 2.75) is 70.9 Å². The predicted molar refractivity (Wildman–Crippen MR) is 67.4 cm³/mol. The summed E-state index contributed by atoms with van der Waals surface area (Å²) in [6.45, 7) is 5.37. The van der Waals surface area contributed by atoms with E-state index in [4.69, 9.17) is 0 Å². The first-order valence-electron chi connectivity index (χ1n) is 6.79. The second kappa shape index (κ2) is 7.66. The predicted octanol–water partition coefficient (Wildman–Crippen LogP) is 2.21. The van der Waals surface area contributed by atoms with E-state index in [9.17, 15) is 4.79 Å². The average Bonchev–Trinajstić information content (AvgIpc) is 2.34. The molecule has 0 aromatic heterocycles. The molecule has 0 aliphatic carbocycles. The van der Waals surface area contributed by atoms with E-state index >= 15 is 0 Å². The van der Waals surface area contributed by atoms with Gasteiger partial charge in [-0.15, -0.1) is 0 Å². The van der Waals surface area contributed by atoms with Crippen LogP contribution in [0.4, 0.5) is 0 Å². The molecule has 1 heterocycles. The van der Waals surface area contributed by atoms with Crippen molar-refractivity contribution in [3.05, 3.63) is 0 Å². The highest BCUT2D eigenvalue weighted by molar-refractivity contribution is 5.76. The second-order valence-corrected chi connectivity index (χ2v) is 4.77. The minimum absolute atomic E-state index is 0.223. The van der Waals surface area contributed by atoms with Crippen molar-refractivity contribution in [1.82, 2.24) is 10.6 Å². The number of amides is 1. The normalized spacial score (nSPS) is 21.1. The van der Waals surface area contributed by atoms with E-state index in [-0.39, 0.29) is 5.91 Å². The minimum Gasteiger partial charge on any atom is -0.353 e. The summed E-state index contributed by atoms with van der Waals surface area (Å²) >= 11 is 0. The van der Waals surface area contributed by atoms with Gasteiger partial charge in [0.15, 0.2) is 0 Å². The molecule has 0 saturated carbocycles. The molecule has 94 valence electrons. The lowest BCUT2D eigenvalue weighted by Gasteiger charge is -2.23. The zero-order valence-electron chi connectivity index (χ0n) is 10.7. The number of carbonyl (C=O) groups excluding carboxylic acids is 1. The van der Waals surface area contributed by atoms with Gasteiger partial charge in [-0.1, -0.05) is 20.3 Å². The van der Waals surface area contributed by atoms with Crippen LogP contribution in [0.15, 0.2) is 0 Å². The van der Waals surface area contributed by atoms with Crippen LogP contribution in [0.2, 0.25) is 0 Å². The molecule has 1 unspecified atom stereocenters. The molecule has 3 nitrogen and oxygen atoms in total. The van der Waals surface area contributed by atoms with Gasteiger partial charge in [0.2, 0.25) is 5.91 Å². The summed E-state index contributed by atoms with van der Waals surface area (Å²) in [5, 5.41) is 6.56. The van der Waals surface area contributed by atoms with Crippen LogP contribution in [0.25, 0.3) is 0 Å². The quantitative estimate of drug-likeness (QED) is 0.729. The van der Waals surface area contributed by atoms with Crippen molar-refractivity contribution < 1.29 is 4.79 Å². The Morgan fingerprint density at radius 3 is 2.69 bits per heavy atom. The zero-order valence-corrected chi connectivity index (χ0v) is 10.7. The molecular formula is C13H26N2O. The van der Waals surface area contributed by atoms with Gasteiger partial charge in [0, 0.05) is 18.5 Å². The number of piperidine rings is 1. The van der Waals surface area contributed by atoms with Crippen LogP contribution < -0.4 is 10.6 Å². The number of hydrogen-bond donors (Lipinski definition) is 2.